The average molecular weight is 310 g/mol. The van der Waals surface area contributed by atoms with Crippen LogP contribution in [0.4, 0.5) is 5.82 Å². The lowest BCUT2D eigenvalue weighted by Gasteiger charge is -2.28. The molecular formula is C18H22N4O. The highest BCUT2D eigenvalue weighted by atomic mass is 16.1. The number of amides is 1. The van der Waals surface area contributed by atoms with Gasteiger partial charge in [-0.3, -0.25) is 4.79 Å². The second kappa shape index (κ2) is 8.08. The first-order valence-corrected chi connectivity index (χ1v) is 7.63. The van der Waals surface area contributed by atoms with E-state index in [1.165, 1.54) is 11.9 Å². The zero-order chi connectivity index (χ0) is 16.7. The van der Waals surface area contributed by atoms with Crippen LogP contribution in [0.25, 0.3) is 0 Å². The summed E-state index contributed by atoms with van der Waals surface area (Å²) in [4.78, 5) is 22.6. The molecule has 0 unspecified atom stereocenters. The molecule has 1 aromatic carbocycles. The minimum Gasteiger partial charge on any atom is -0.350 e. The summed E-state index contributed by atoms with van der Waals surface area (Å²) in [5.41, 5.74) is 1.55. The van der Waals surface area contributed by atoms with Gasteiger partial charge in [-0.05, 0) is 19.4 Å². The Morgan fingerprint density at radius 1 is 1.30 bits per heavy atom. The monoisotopic (exact) mass is 310 g/mol. The van der Waals surface area contributed by atoms with E-state index >= 15 is 0 Å². The predicted molar refractivity (Wildman–Crippen MR) is 92.3 cm³/mol. The zero-order valence-electron chi connectivity index (χ0n) is 13.6. The Labute approximate surface area is 137 Å². The second-order valence-electron chi connectivity index (χ2n) is 5.47. The number of carbonyl (C=O) groups excluding carboxylic acids is 1. The summed E-state index contributed by atoms with van der Waals surface area (Å²) in [5.74, 6) is 0.513. The number of anilines is 1. The van der Waals surface area contributed by atoms with Crippen molar-refractivity contribution in [3.63, 3.8) is 0 Å². The Bertz CT molecular complexity index is 655. The van der Waals surface area contributed by atoms with E-state index in [0.717, 1.165) is 12.4 Å². The second-order valence-corrected chi connectivity index (χ2v) is 5.47. The predicted octanol–water partition coefficient (Wildman–Crippen LogP) is 2.81. The quantitative estimate of drug-likeness (QED) is 0.799. The maximum absolute atomic E-state index is 12.0. The van der Waals surface area contributed by atoms with E-state index < -0.39 is 0 Å². The molecule has 1 aromatic heterocycles. The van der Waals surface area contributed by atoms with Gasteiger partial charge in [0, 0.05) is 25.2 Å². The molecule has 5 nitrogen and oxygen atoms in total. The van der Waals surface area contributed by atoms with E-state index in [0.29, 0.717) is 12.2 Å². The largest absolute Gasteiger partial charge is 0.350 e. The first-order chi connectivity index (χ1) is 11.1. The van der Waals surface area contributed by atoms with Gasteiger partial charge >= 0.3 is 0 Å². The Kier molecular flexibility index (Phi) is 5.86. The number of benzene rings is 1. The van der Waals surface area contributed by atoms with Crippen LogP contribution in [0.2, 0.25) is 0 Å². The van der Waals surface area contributed by atoms with Gasteiger partial charge in [0.15, 0.2) is 0 Å². The van der Waals surface area contributed by atoms with Gasteiger partial charge in [-0.25, -0.2) is 9.97 Å². The molecule has 0 aliphatic rings. The van der Waals surface area contributed by atoms with Crippen LogP contribution in [0, 0.1) is 0 Å². The molecule has 0 atom stereocenters. The Balaban J connectivity index is 2.22. The van der Waals surface area contributed by atoms with Gasteiger partial charge in [0.25, 0.3) is 5.91 Å². The van der Waals surface area contributed by atoms with E-state index in [9.17, 15) is 4.79 Å². The normalized spacial score (nSPS) is 10.4. The topological polar surface area (TPSA) is 58.1 Å². The van der Waals surface area contributed by atoms with Gasteiger partial charge in [-0.1, -0.05) is 36.4 Å². The highest BCUT2D eigenvalue weighted by Crippen LogP contribution is 2.18. The number of hydrogen-bond acceptors (Lipinski definition) is 4. The number of rotatable bonds is 7. The fraction of sp³-hybridized carbons (Fsp3) is 0.278. The molecule has 1 heterocycles. The number of carbonyl (C=O) groups is 1. The molecule has 0 spiro atoms. The SMILES string of the molecule is C=CCNC(=O)c1cc(N(Cc2ccccc2)C(C)C)ncn1. The Morgan fingerprint density at radius 2 is 2.04 bits per heavy atom. The van der Waals surface area contributed by atoms with E-state index in [2.05, 4.69) is 52.7 Å². The third-order valence-electron chi connectivity index (χ3n) is 3.41. The standard InChI is InChI=1S/C18H22N4O/c1-4-10-19-18(23)16-11-17(21-13-20-16)22(14(2)3)12-15-8-6-5-7-9-15/h4-9,11,13-14H,1,10,12H2,2-3H3,(H,19,23). The van der Waals surface area contributed by atoms with Crippen molar-refractivity contribution in [3.05, 3.63) is 66.6 Å². The van der Waals surface area contributed by atoms with Crippen LogP contribution in [0.3, 0.4) is 0 Å². The van der Waals surface area contributed by atoms with Gasteiger partial charge < -0.3 is 10.2 Å². The molecular weight excluding hydrogens is 288 g/mol. The molecule has 0 bridgehead atoms. The van der Waals surface area contributed by atoms with Crippen LogP contribution in [-0.4, -0.2) is 28.5 Å². The summed E-state index contributed by atoms with van der Waals surface area (Å²) in [6, 6.07) is 12.2. The average Bonchev–Trinajstić information content (AvgIpc) is 2.58. The van der Waals surface area contributed by atoms with Gasteiger partial charge in [0.2, 0.25) is 0 Å². The summed E-state index contributed by atoms with van der Waals surface area (Å²) < 4.78 is 0. The van der Waals surface area contributed by atoms with Crippen LogP contribution in [0.15, 0.2) is 55.4 Å². The minimum absolute atomic E-state index is 0.225. The van der Waals surface area contributed by atoms with Crippen LogP contribution in [-0.2, 0) is 6.54 Å². The van der Waals surface area contributed by atoms with Crippen LogP contribution in [0.5, 0.6) is 0 Å². The molecule has 0 radical (unpaired) electrons. The molecule has 0 fully saturated rings. The number of aromatic nitrogens is 2. The lowest BCUT2D eigenvalue weighted by atomic mass is 10.2. The first kappa shape index (κ1) is 16.7. The molecule has 0 saturated heterocycles. The summed E-state index contributed by atoms with van der Waals surface area (Å²) in [6.07, 6.45) is 3.06. The molecule has 0 saturated carbocycles. The number of hydrogen-bond donors (Lipinski definition) is 1. The fourth-order valence-corrected chi connectivity index (χ4v) is 2.19. The lowest BCUT2D eigenvalue weighted by molar-refractivity contribution is 0.0953. The molecule has 2 rings (SSSR count). The summed E-state index contributed by atoms with van der Waals surface area (Å²) in [7, 11) is 0. The molecule has 1 N–H and O–H groups in total. The van der Waals surface area contributed by atoms with E-state index in [1.807, 2.05) is 18.2 Å². The lowest BCUT2D eigenvalue weighted by Crippen LogP contribution is -2.32. The van der Waals surface area contributed by atoms with Crippen molar-refractivity contribution in [2.24, 2.45) is 0 Å². The zero-order valence-corrected chi connectivity index (χ0v) is 13.6. The number of nitrogens with one attached hydrogen (secondary N) is 1. The van der Waals surface area contributed by atoms with Crippen molar-refractivity contribution in [1.82, 2.24) is 15.3 Å². The van der Waals surface area contributed by atoms with Crippen molar-refractivity contribution in [1.29, 1.82) is 0 Å². The molecule has 0 aliphatic heterocycles. The summed E-state index contributed by atoms with van der Waals surface area (Å²) >= 11 is 0. The van der Waals surface area contributed by atoms with Gasteiger partial charge in [0.1, 0.15) is 17.8 Å². The van der Waals surface area contributed by atoms with Crippen LogP contribution in [0.1, 0.15) is 29.9 Å². The fourth-order valence-electron chi connectivity index (χ4n) is 2.19. The van der Waals surface area contributed by atoms with E-state index in [4.69, 9.17) is 0 Å². The Hall–Kier alpha value is -2.69. The van der Waals surface area contributed by atoms with Crippen molar-refractivity contribution in [3.8, 4) is 0 Å². The highest BCUT2D eigenvalue weighted by molar-refractivity contribution is 5.92. The van der Waals surface area contributed by atoms with Crippen molar-refractivity contribution in [2.75, 3.05) is 11.4 Å². The Morgan fingerprint density at radius 3 is 2.70 bits per heavy atom. The van der Waals surface area contributed by atoms with Gasteiger partial charge in [0.05, 0.1) is 0 Å². The molecule has 2 aromatic rings. The minimum atomic E-state index is -0.225. The van der Waals surface area contributed by atoms with Crippen molar-refractivity contribution >= 4 is 11.7 Å². The molecule has 23 heavy (non-hydrogen) atoms. The summed E-state index contributed by atoms with van der Waals surface area (Å²) in [6.45, 7) is 8.92. The molecule has 0 aliphatic carbocycles. The van der Waals surface area contributed by atoms with Crippen molar-refractivity contribution in [2.45, 2.75) is 26.4 Å². The van der Waals surface area contributed by atoms with Crippen molar-refractivity contribution < 1.29 is 4.79 Å². The van der Waals surface area contributed by atoms with Gasteiger partial charge in [-0.15, -0.1) is 6.58 Å². The molecule has 120 valence electrons. The van der Waals surface area contributed by atoms with E-state index in [-0.39, 0.29) is 11.9 Å². The maximum atomic E-state index is 12.0. The van der Waals surface area contributed by atoms with Crippen LogP contribution >= 0.6 is 0 Å². The molecule has 1 amide bonds. The van der Waals surface area contributed by atoms with Crippen LogP contribution < -0.4 is 10.2 Å². The smallest absolute Gasteiger partial charge is 0.270 e. The molecule has 5 heteroatoms. The van der Waals surface area contributed by atoms with Gasteiger partial charge in [-0.2, -0.15) is 0 Å². The third-order valence-corrected chi connectivity index (χ3v) is 3.41. The number of nitrogens with zero attached hydrogens (tertiary/aromatic N) is 3. The third kappa shape index (κ3) is 4.64. The maximum Gasteiger partial charge on any atom is 0.270 e. The summed E-state index contributed by atoms with van der Waals surface area (Å²) in [5, 5.41) is 2.73. The first-order valence-electron chi connectivity index (χ1n) is 7.63. The highest BCUT2D eigenvalue weighted by Gasteiger charge is 2.15. The van der Waals surface area contributed by atoms with E-state index in [1.54, 1.807) is 12.1 Å².